The Labute approximate surface area is 108 Å². The molecule has 0 fully saturated rings. The third kappa shape index (κ3) is 3.69. The zero-order chi connectivity index (χ0) is 9.19. The molecule has 0 aliphatic rings. The summed E-state index contributed by atoms with van der Waals surface area (Å²) in [6.45, 7) is 0. The fraction of sp³-hybridized carbons (Fsp3) is 0.143. The Balaban J connectivity index is 0.00000144. The van der Waals surface area contributed by atoms with Crippen molar-refractivity contribution in [1.29, 1.82) is 0 Å². The Kier molecular flexibility index (Phi) is 5.74. The molecule has 0 aliphatic carbocycles. The summed E-state index contributed by atoms with van der Waals surface area (Å²) in [5, 5.41) is 0. The SMILES string of the molecule is CNS(=O)(=O)c1ccc(Br)cc1.[Na]. The van der Waals surface area contributed by atoms with E-state index >= 15 is 0 Å². The molecule has 0 spiro atoms. The first kappa shape index (κ1) is 13.6. The van der Waals surface area contributed by atoms with E-state index in [9.17, 15) is 8.42 Å². The van der Waals surface area contributed by atoms with Crippen molar-refractivity contribution in [1.82, 2.24) is 4.72 Å². The predicted molar refractivity (Wildman–Crippen MR) is 56.1 cm³/mol. The van der Waals surface area contributed by atoms with Crippen LogP contribution < -0.4 is 4.72 Å². The molecule has 0 aliphatic heterocycles. The summed E-state index contributed by atoms with van der Waals surface area (Å²) >= 11 is 3.22. The Bertz CT molecular complexity index is 363. The summed E-state index contributed by atoms with van der Waals surface area (Å²) in [6.07, 6.45) is 0. The summed E-state index contributed by atoms with van der Waals surface area (Å²) in [5.74, 6) is 0. The standard InChI is InChI=1S/C7H8BrNO2S.Na/c1-9-12(10,11)7-4-2-6(8)3-5-7;/h2-5,9H,1H3;. The van der Waals surface area contributed by atoms with E-state index in [1.807, 2.05) is 0 Å². The van der Waals surface area contributed by atoms with Gasteiger partial charge in [0.2, 0.25) is 10.0 Å². The second-order valence-electron chi connectivity index (χ2n) is 2.16. The Hall–Kier alpha value is 0.610. The van der Waals surface area contributed by atoms with E-state index in [0.29, 0.717) is 0 Å². The molecular formula is C7H8BrNNaO2S. The molecule has 0 unspecified atom stereocenters. The Morgan fingerprint density at radius 1 is 1.23 bits per heavy atom. The zero-order valence-corrected chi connectivity index (χ0v) is 11.8. The number of benzene rings is 1. The van der Waals surface area contributed by atoms with Crippen molar-refractivity contribution in [2.75, 3.05) is 7.05 Å². The van der Waals surface area contributed by atoms with E-state index in [1.54, 1.807) is 12.1 Å². The van der Waals surface area contributed by atoms with Crippen molar-refractivity contribution in [3.63, 3.8) is 0 Å². The van der Waals surface area contributed by atoms with Crippen LogP contribution in [0.2, 0.25) is 0 Å². The molecule has 1 aromatic rings. The van der Waals surface area contributed by atoms with Gasteiger partial charge in [-0.2, -0.15) is 0 Å². The van der Waals surface area contributed by atoms with Gasteiger partial charge in [0.25, 0.3) is 0 Å². The van der Waals surface area contributed by atoms with Gasteiger partial charge in [-0.15, -0.1) is 0 Å². The molecule has 0 amide bonds. The Morgan fingerprint density at radius 3 is 2.08 bits per heavy atom. The zero-order valence-electron chi connectivity index (χ0n) is 7.41. The summed E-state index contributed by atoms with van der Waals surface area (Å²) in [6, 6.07) is 6.44. The van der Waals surface area contributed by atoms with E-state index in [-0.39, 0.29) is 34.5 Å². The average Bonchev–Trinajstić information content (AvgIpc) is 2.05. The molecule has 6 heteroatoms. The number of hydrogen-bond acceptors (Lipinski definition) is 2. The molecule has 0 heterocycles. The monoisotopic (exact) mass is 272 g/mol. The van der Waals surface area contributed by atoms with Crippen LogP contribution in [-0.2, 0) is 10.0 Å². The molecule has 1 rings (SSSR count). The van der Waals surface area contributed by atoms with Gasteiger partial charge >= 0.3 is 0 Å². The van der Waals surface area contributed by atoms with Gasteiger partial charge in [-0.1, -0.05) is 15.9 Å². The molecule has 67 valence electrons. The van der Waals surface area contributed by atoms with Crippen LogP contribution in [0, 0.1) is 0 Å². The van der Waals surface area contributed by atoms with Crippen LogP contribution in [0.4, 0.5) is 0 Å². The van der Waals surface area contributed by atoms with Gasteiger partial charge in [0.05, 0.1) is 4.90 Å². The van der Waals surface area contributed by atoms with E-state index in [2.05, 4.69) is 20.7 Å². The number of nitrogens with one attached hydrogen (secondary N) is 1. The van der Waals surface area contributed by atoms with E-state index in [4.69, 9.17) is 0 Å². The largest absolute Gasteiger partial charge is 0.240 e. The maximum atomic E-state index is 11.2. The predicted octanol–water partition coefficient (Wildman–Crippen LogP) is 0.976. The quantitative estimate of drug-likeness (QED) is 0.816. The molecule has 0 saturated heterocycles. The third-order valence-corrected chi connectivity index (χ3v) is 3.35. The minimum atomic E-state index is -3.29. The average molecular weight is 273 g/mol. The minimum Gasteiger partial charge on any atom is -0.214 e. The normalized spacial score (nSPS) is 10.6. The van der Waals surface area contributed by atoms with Crippen molar-refractivity contribution >= 4 is 55.5 Å². The van der Waals surface area contributed by atoms with Gasteiger partial charge in [-0.3, -0.25) is 0 Å². The van der Waals surface area contributed by atoms with Crippen LogP contribution >= 0.6 is 15.9 Å². The van der Waals surface area contributed by atoms with Gasteiger partial charge < -0.3 is 0 Å². The fourth-order valence-corrected chi connectivity index (χ4v) is 1.73. The molecular weight excluding hydrogens is 265 g/mol. The first-order valence-electron chi connectivity index (χ1n) is 3.25. The van der Waals surface area contributed by atoms with Crippen molar-refractivity contribution < 1.29 is 8.42 Å². The maximum absolute atomic E-state index is 11.2. The first-order valence-corrected chi connectivity index (χ1v) is 5.53. The molecule has 0 bridgehead atoms. The summed E-state index contributed by atoms with van der Waals surface area (Å²) < 4.78 is 25.5. The number of sulfonamides is 1. The van der Waals surface area contributed by atoms with E-state index < -0.39 is 10.0 Å². The van der Waals surface area contributed by atoms with Crippen LogP contribution in [0.15, 0.2) is 33.6 Å². The maximum Gasteiger partial charge on any atom is 0.240 e. The van der Waals surface area contributed by atoms with Crippen LogP contribution in [-0.4, -0.2) is 45.0 Å². The van der Waals surface area contributed by atoms with E-state index in [0.717, 1.165) is 4.47 Å². The van der Waals surface area contributed by atoms with Crippen LogP contribution in [0.5, 0.6) is 0 Å². The second-order valence-corrected chi connectivity index (χ2v) is 4.96. The first-order chi connectivity index (χ1) is 5.56. The molecule has 3 nitrogen and oxygen atoms in total. The van der Waals surface area contributed by atoms with Gasteiger partial charge in [-0.05, 0) is 31.3 Å². The van der Waals surface area contributed by atoms with Gasteiger partial charge in [0.15, 0.2) is 0 Å². The van der Waals surface area contributed by atoms with Gasteiger partial charge in [-0.25, -0.2) is 13.1 Å². The van der Waals surface area contributed by atoms with Crippen molar-refractivity contribution in [3.05, 3.63) is 28.7 Å². The van der Waals surface area contributed by atoms with E-state index in [1.165, 1.54) is 19.2 Å². The van der Waals surface area contributed by atoms with Crippen LogP contribution in [0.3, 0.4) is 0 Å². The molecule has 1 N–H and O–H groups in total. The second kappa shape index (κ2) is 5.48. The van der Waals surface area contributed by atoms with Crippen LogP contribution in [0.1, 0.15) is 0 Å². The fourth-order valence-electron chi connectivity index (χ4n) is 0.732. The van der Waals surface area contributed by atoms with Crippen molar-refractivity contribution in [2.24, 2.45) is 0 Å². The van der Waals surface area contributed by atoms with Crippen molar-refractivity contribution in [3.8, 4) is 0 Å². The summed E-state index contributed by atoms with van der Waals surface area (Å²) in [5.41, 5.74) is 0. The number of rotatable bonds is 2. The number of halogens is 1. The van der Waals surface area contributed by atoms with Gasteiger partial charge in [0, 0.05) is 34.0 Å². The molecule has 0 aromatic heterocycles. The topological polar surface area (TPSA) is 46.2 Å². The minimum absolute atomic E-state index is 0. The summed E-state index contributed by atoms with van der Waals surface area (Å²) in [7, 11) is -1.90. The molecule has 1 aromatic carbocycles. The molecule has 0 saturated carbocycles. The Morgan fingerprint density at radius 2 is 1.69 bits per heavy atom. The summed E-state index contributed by atoms with van der Waals surface area (Å²) in [4.78, 5) is 0.271. The third-order valence-electron chi connectivity index (χ3n) is 1.39. The molecule has 0 atom stereocenters. The van der Waals surface area contributed by atoms with Crippen LogP contribution in [0.25, 0.3) is 0 Å². The molecule has 13 heavy (non-hydrogen) atoms. The van der Waals surface area contributed by atoms with Crippen molar-refractivity contribution in [2.45, 2.75) is 4.90 Å². The smallest absolute Gasteiger partial charge is 0.214 e. The number of hydrogen-bond donors (Lipinski definition) is 1. The van der Waals surface area contributed by atoms with Gasteiger partial charge in [0.1, 0.15) is 0 Å². The molecule has 1 radical (unpaired) electrons.